The number of nitrogens with zero attached hydrogens (tertiary/aromatic N) is 3. The minimum absolute atomic E-state index is 0.124. The summed E-state index contributed by atoms with van der Waals surface area (Å²) in [6.07, 6.45) is 1.94. The standard InChI is InChI=1S/C17H24N4O/c1-12(2)14-6-8-16(9-7-14)18-17(22)20(4)10-15-11-21(5)19-13(15)3/h6-9,11-12H,10H2,1-5H3,(H,18,22). The molecule has 118 valence electrons. The summed E-state index contributed by atoms with van der Waals surface area (Å²) in [5, 5.41) is 7.21. The fraction of sp³-hybridized carbons (Fsp3) is 0.412. The summed E-state index contributed by atoms with van der Waals surface area (Å²) < 4.78 is 1.76. The van der Waals surface area contributed by atoms with Gasteiger partial charge in [-0.15, -0.1) is 0 Å². The lowest BCUT2D eigenvalue weighted by atomic mass is 10.0. The first-order valence-electron chi connectivity index (χ1n) is 7.48. The lowest BCUT2D eigenvalue weighted by Crippen LogP contribution is -2.30. The van der Waals surface area contributed by atoms with Gasteiger partial charge < -0.3 is 10.2 Å². The third-order valence-corrected chi connectivity index (χ3v) is 3.70. The zero-order chi connectivity index (χ0) is 16.3. The van der Waals surface area contributed by atoms with Crippen molar-refractivity contribution in [2.24, 2.45) is 7.05 Å². The van der Waals surface area contributed by atoms with Crippen molar-refractivity contribution in [1.29, 1.82) is 0 Å². The number of carbonyl (C=O) groups is 1. The van der Waals surface area contributed by atoms with E-state index < -0.39 is 0 Å². The molecule has 0 saturated heterocycles. The number of urea groups is 1. The highest BCUT2D eigenvalue weighted by molar-refractivity contribution is 5.89. The molecule has 0 spiro atoms. The van der Waals surface area contributed by atoms with Gasteiger partial charge in [-0.25, -0.2) is 4.79 Å². The Morgan fingerprint density at radius 3 is 2.45 bits per heavy atom. The Morgan fingerprint density at radius 2 is 1.95 bits per heavy atom. The minimum Gasteiger partial charge on any atom is -0.323 e. The van der Waals surface area contributed by atoms with Gasteiger partial charge in [-0.2, -0.15) is 5.10 Å². The molecule has 2 aromatic rings. The van der Waals surface area contributed by atoms with E-state index in [-0.39, 0.29) is 6.03 Å². The van der Waals surface area contributed by atoms with Crippen LogP contribution in [0.2, 0.25) is 0 Å². The maximum atomic E-state index is 12.2. The molecule has 5 heteroatoms. The molecule has 0 aliphatic carbocycles. The second-order valence-electron chi connectivity index (χ2n) is 5.98. The Balaban J connectivity index is 1.97. The summed E-state index contributed by atoms with van der Waals surface area (Å²) in [5.74, 6) is 0.487. The van der Waals surface area contributed by atoms with Crippen LogP contribution in [0.15, 0.2) is 30.5 Å². The predicted octanol–water partition coefficient (Wildman–Crippen LogP) is 3.52. The Bertz CT molecular complexity index is 643. The fourth-order valence-electron chi connectivity index (χ4n) is 2.30. The van der Waals surface area contributed by atoms with Crippen molar-refractivity contribution in [3.05, 3.63) is 47.3 Å². The Labute approximate surface area is 131 Å². The number of rotatable bonds is 4. The second-order valence-corrected chi connectivity index (χ2v) is 5.98. The monoisotopic (exact) mass is 300 g/mol. The van der Waals surface area contributed by atoms with E-state index >= 15 is 0 Å². The van der Waals surface area contributed by atoms with Gasteiger partial charge in [-0.05, 0) is 30.5 Å². The third kappa shape index (κ3) is 3.87. The van der Waals surface area contributed by atoms with Crippen molar-refractivity contribution in [1.82, 2.24) is 14.7 Å². The average Bonchev–Trinajstić information content (AvgIpc) is 2.77. The first-order valence-corrected chi connectivity index (χ1v) is 7.48. The number of hydrogen-bond donors (Lipinski definition) is 1. The number of nitrogens with one attached hydrogen (secondary N) is 1. The van der Waals surface area contributed by atoms with Gasteiger partial charge in [0.1, 0.15) is 0 Å². The zero-order valence-electron chi connectivity index (χ0n) is 13.9. The van der Waals surface area contributed by atoms with Gasteiger partial charge in [-0.1, -0.05) is 26.0 Å². The molecule has 5 nitrogen and oxygen atoms in total. The van der Waals surface area contributed by atoms with E-state index in [2.05, 4.69) is 24.3 Å². The first kappa shape index (κ1) is 16.1. The highest BCUT2D eigenvalue weighted by Gasteiger charge is 2.12. The molecule has 0 radical (unpaired) electrons. The maximum Gasteiger partial charge on any atom is 0.321 e. The summed E-state index contributed by atoms with van der Waals surface area (Å²) in [6, 6.07) is 7.85. The lowest BCUT2D eigenvalue weighted by Gasteiger charge is -2.18. The SMILES string of the molecule is Cc1nn(C)cc1CN(C)C(=O)Nc1ccc(C(C)C)cc1. The van der Waals surface area contributed by atoms with Crippen LogP contribution in [0, 0.1) is 6.92 Å². The summed E-state index contributed by atoms with van der Waals surface area (Å²) in [5.41, 5.74) is 4.07. The molecule has 0 fully saturated rings. The van der Waals surface area contributed by atoms with E-state index in [4.69, 9.17) is 0 Å². The van der Waals surface area contributed by atoms with Crippen LogP contribution in [0.5, 0.6) is 0 Å². The Hall–Kier alpha value is -2.30. The second kappa shape index (κ2) is 6.64. The smallest absolute Gasteiger partial charge is 0.321 e. The topological polar surface area (TPSA) is 50.2 Å². The molecular formula is C17H24N4O. The first-order chi connectivity index (χ1) is 10.4. The molecule has 1 N–H and O–H groups in total. The molecular weight excluding hydrogens is 276 g/mol. The summed E-state index contributed by atoms with van der Waals surface area (Å²) in [6.45, 7) is 6.79. The molecule has 1 aromatic heterocycles. The number of aromatic nitrogens is 2. The van der Waals surface area contributed by atoms with Crippen LogP contribution >= 0.6 is 0 Å². The number of amides is 2. The number of hydrogen-bond acceptors (Lipinski definition) is 2. The van der Waals surface area contributed by atoms with Gasteiger partial charge >= 0.3 is 6.03 Å². The molecule has 1 aromatic carbocycles. The highest BCUT2D eigenvalue weighted by atomic mass is 16.2. The van der Waals surface area contributed by atoms with Gasteiger partial charge in [-0.3, -0.25) is 4.68 Å². The number of aryl methyl sites for hydroxylation is 2. The van der Waals surface area contributed by atoms with E-state index in [9.17, 15) is 4.79 Å². The van der Waals surface area contributed by atoms with Crippen LogP contribution < -0.4 is 5.32 Å². The summed E-state index contributed by atoms with van der Waals surface area (Å²) in [7, 11) is 3.66. The van der Waals surface area contributed by atoms with Crippen LogP contribution in [0.25, 0.3) is 0 Å². The van der Waals surface area contributed by atoms with Gasteiger partial charge in [0.05, 0.1) is 12.2 Å². The normalized spacial score (nSPS) is 10.8. The van der Waals surface area contributed by atoms with E-state index in [0.717, 1.165) is 16.9 Å². The maximum absolute atomic E-state index is 12.2. The largest absolute Gasteiger partial charge is 0.323 e. The van der Waals surface area contributed by atoms with E-state index in [1.54, 1.807) is 16.6 Å². The fourth-order valence-corrected chi connectivity index (χ4v) is 2.30. The van der Waals surface area contributed by atoms with Gasteiger partial charge in [0.2, 0.25) is 0 Å². The molecule has 0 aliphatic heterocycles. The molecule has 2 amide bonds. The molecule has 0 atom stereocenters. The van der Waals surface area contributed by atoms with E-state index in [0.29, 0.717) is 12.5 Å². The van der Waals surface area contributed by atoms with Gasteiger partial charge in [0.25, 0.3) is 0 Å². The summed E-state index contributed by atoms with van der Waals surface area (Å²) in [4.78, 5) is 13.9. The summed E-state index contributed by atoms with van der Waals surface area (Å²) >= 11 is 0. The highest BCUT2D eigenvalue weighted by Crippen LogP contribution is 2.17. The molecule has 2 rings (SSSR count). The van der Waals surface area contributed by atoms with Crippen molar-refractivity contribution in [2.75, 3.05) is 12.4 Å². The Morgan fingerprint density at radius 1 is 1.32 bits per heavy atom. The van der Waals surface area contributed by atoms with Gasteiger partial charge in [0, 0.05) is 31.5 Å². The van der Waals surface area contributed by atoms with Gasteiger partial charge in [0.15, 0.2) is 0 Å². The average molecular weight is 300 g/mol. The molecule has 22 heavy (non-hydrogen) atoms. The minimum atomic E-state index is -0.124. The van der Waals surface area contributed by atoms with E-state index in [1.165, 1.54) is 5.56 Å². The van der Waals surface area contributed by atoms with Crippen LogP contribution in [0.4, 0.5) is 10.5 Å². The van der Waals surface area contributed by atoms with Crippen molar-refractivity contribution in [3.63, 3.8) is 0 Å². The quantitative estimate of drug-likeness (QED) is 0.939. The molecule has 1 heterocycles. The van der Waals surface area contributed by atoms with Crippen molar-refractivity contribution < 1.29 is 4.79 Å². The van der Waals surface area contributed by atoms with Crippen molar-refractivity contribution in [2.45, 2.75) is 33.2 Å². The number of anilines is 1. The predicted molar refractivity (Wildman–Crippen MR) is 89.0 cm³/mol. The third-order valence-electron chi connectivity index (χ3n) is 3.70. The molecule has 0 aliphatic rings. The van der Waals surface area contributed by atoms with Crippen LogP contribution in [-0.2, 0) is 13.6 Å². The van der Waals surface area contributed by atoms with E-state index in [1.807, 2.05) is 44.4 Å². The Kier molecular flexibility index (Phi) is 4.85. The van der Waals surface area contributed by atoms with Crippen molar-refractivity contribution in [3.8, 4) is 0 Å². The zero-order valence-corrected chi connectivity index (χ0v) is 13.9. The number of carbonyl (C=O) groups excluding carboxylic acids is 1. The van der Waals surface area contributed by atoms with Crippen molar-refractivity contribution >= 4 is 11.7 Å². The molecule has 0 unspecified atom stereocenters. The molecule has 0 bridgehead atoms. The van der Waals surface area contributed by atoms with Crippen LogP contribution in [0.1, 0.15) is 36.6 Å². The lowest BCUT2D eigenvalue weighted by molar-refractivity contribution is 0.220. The number of benzene rings is 1. The van der Waals surface area contributed by atoms with Crippen LogP contribution in [-0.4, -0.2) is 27.8 Å². The molecule has 0 saturated carbocycles. The van der Waals surface area contributed by atoms with Crippen LogP contribution in [0.3, 0.4) is 0 Å².